The van der Waals surface area contributed by atoms with E-state index in [1.54, 1.807) is 24.3 Å². The molecule has 3 N–H and O–H groups in total. The lowest BCUT2D eigenvalue weighted by Crippen LogP contribution is -2.56. The highest BCUT2D eigenvalue weighted by molar-refractivity contribution is 9.11. The van der Waals surface area contributed by atoms with Gasteiger partial charge in [0.1, 0.15) is 6.17 Å². The summed E-state index contributed by atoms with van der Waals surface area (Å²) in [5.74, 6) is -0.434. The predicted molar refractivity (Wildman–Crippen MR) is 132 cm³/mol. The summed E-state index contributed by atoms with van der Waals surface area (Å²) in [6.07, 6.45) is -1.08. The smallest absolute Gasteiger partial charge is 0.254 e. The maximum atomic E-state index is 12.6. The zero-order valence-electron chi connectivity index (χ0n) is 14.1. The van der Waals surface area contributed by atoms with Crippen LogP contribution in [0.25, 0.3) is 0 Å². The molecule has 0 aliphatic carbocycles. The molecule has 0 bridgehead atoms. The van der Waals surface area contributed by atoms with E-state index in [4.69, 9.17) is 47.0 Å². The molecular weight excluding hydrogens is 640 g/mol. The molecule has 1 atom stereocenters. The van der Waals surface area contributed by atoms with Crippen LogP contribution in [0.15, 0.2) is 49.8 Å². The molecule has 28 heavy (non-hydrogen) atoms. The second-order valence-corrected chi connectivity index (χ2v) is 11.0. The number of nitrogens with one attached hydrogen (secondary N) is 3. The van der Waals surface area contributed by atoms with Gasteiger partial charge in [-0.25, -0.2) is 0 Å². The number of thiocarbonyl (C=S) groups is 1. The van der Waals surface area contributed by atoms with Crippen LogP contribution < -0.4 is 16.0 Å². The van der Waals surface area contributed by atoms with E-state index in [2.05, 4.69) is 63.7 Å². The molecule has 2 rings (SSSR count). The Balaban J connectivity index is 2.16. The van der Waals surface area contributed by atoms with Gasteiger partial charge in [0.05, 0.1) is 11.3 Å². The molecule has 0 aromatic heterocycles. The molecule has 0 spiro atoms. The molecule has 0 aliphatic rings. The molecule has 0 radical (unpaired) electrons. The topological polar surface area (TPSA) is 53.2 Å². The summed E-state index contributed by atoms with van der Waals surface area (Å²) in [4.78, 5) is 12.6. The van der Waals surface area contributed by atoms with Crippen LogP contribution in [0, 0.1) is 6.92 Å². The highest BCUT2D eigenvalue weighted by atomic mass is 79.9. The van der Waals surface area contributed by atoms with Gasteiger partial charge in [0, 0.05) is 13.4 Å². The first-order chi connectivity index (χ1) is 13.0. The average molecular weight is 653 g/mol. The zero-order valence-corrected chi connectivity index (χ0v) is 22.0. The Bertz CT molecular complexity index is 886. The summed E-state index contributed by atoms with van der Waals surface area (Å²) in [6.45, 7) is 1.96. The van der Waals surface area contributed by atoms with Crippen LogP contribution >= 0.6 is 94.8 Å². The fourth-order valence-electron chi connectivity index (χ4n) is 2.15. The first-order valence-corrected chi connectivity index (χ1v) is 11.6. The van der Waals surface area contributed by atoms with Crippen molar-refractivity contribution in [3.8, 4) is 0 Å². The summed E-state index contributed by atoms with van der Waals surface area (Å²) >= 11 is 33.7. The van der Waals surface area contributed by atoms with E-state index in [1.165, 1.54) is 0 Å². The number of hydrogen-bond donors (Lipinski definition) is 3. The number of carbonyl (C=O) groups excluding carboxylic acids is 1. The summed E-state index contributed by atoms with van der Waals surface area (Å²) in [6, 6.07) is 10.8. The molecular formula is C17H13Br3Cl3N3OS. The number of anilines is 1. The number of halogens is 6. The summed E-state index contributed by atoms with van der Waals surface area (Å²) in [5.41, 5.74) is 2.15. The highest BCUT2D eigenvalue weighted by Crippen LogP contribution is 2.33. The molecule has 2 aromatic rings. The molecule has 0 fully saturated rings. The number of benzene rings is 2. The van der Waals surface area contributed by atoms with Crippen molar-refractivity contribution >= 4 is 112 Å². The molecule has 2 aromatic carbocycles. The number of rotatable bonds is 4. The van der Waals surface area contributed by atoms with Gasteiger partial charge in [-0.15, -0.1) is 0 Å². The number of hydrogen-bond acceptors (Lipinski definition) is 2. The maximum Gasteiger partial charge on any atom is 0.254 e. The zero-order chi connectivity index (χ0) is 21.1. The van der Waals surface area contributed by atoms with Crippen LogP contribution in [0.1, 0.15) is 15.9 Å². The Morgan fingerprint density at radius 3 is 2.14 bits per heavy atom. The van der Waals surface area contributed by atoms with E-state index in [9.17, 15) is 4.79 Å². The van der Waals surface area contributed by atoms with Crippen LogP contribution in [0.3, 0.4) is 0 Å². The number of carbonyl (C=O) groups is 1. The summed E-state index contributed by atoms with van der Waals surface area (Å²) < 4.78 is 0.353. The minimum atomic E-state index is -1.86. The van der Waals surface area contributed by atoms with Crippen molar-refractivity contribution in [2.75, 3.05) is 5.32 Å². The standard InChI is InChI=1S/C17H13Br3Cl3N3OS/c1-8-6-11(19)13(12(20)7-8)24-16(28)26-15(17(21,22)23)25-14(27)9-4-2-3-5-10(9)18/h2-7,15H,1H3,(H,25,27)(H2,24,26,28). The predicted octanol–water partition coefficient (Wildman–Crippen LogP) is 6.70. The Kier molecular flexibility index (Phi) is 8.88. The van der Waals surface area contributed by atoms with Crippen LogP contribution in [-0.4, -0.2) is 21.0 Å². The van der Waals surface area contributed by atoms with Gasteiger partial charge in [0.25, 0.3) is 5.91 Å². The van der Waals surface area contributed by atoms with Crippen molar-refractivity contribution in [2.24, 2.45) is 0 Å². The largest absolute Gasteiger partial charge is 0.339 e. The number of aryl methyl sites for hydroxylation is 1. The Morgan fingerprint density at radius 1 is 1.04 bits per heavy atom. The minimum absolute atomic E-state index is 0.161. The van der Waals surface area contributed by atoms with Crippen molar-refractivity contribution in [3.63, 3.8) is 0 Å². The third kappa shape index (κ3) is 6.72. The highest BCUT2D eigenvalue weighted by Gasteiger charge is 2.35. The molecule has 1 amide bonds. The van der Waals surface area contributed by atoms with Crippen LogP contribution in [0.4, 0.5) is 5.69 Å². The van der Waals surface area contributed by atoms with E-state index < -0.39 is 15.9 Å². The third-order valence-corrected chi connectivity index (χ3v) is 6.24. The van der Waals surface area contributed by atoms with Gasteiger partial charge >= 0.3 is 0 Å². The van der Waals surface area contributed by atoms with Gasteiger partial charge in [-0.1, -0.05) is 46.9 Å². The molecule has 0 aliphatic heterocycles. The Labute approximate surface area is 208 Å². The molecule has 1 unspecified atom stereocenters. The second-order valence-electron chi connectivity index (χ2n) is 5.63. The quantitative estimate of drug-likeness (QED) is 0.196. The van der Waals surface area contributed by atoms with E-state index in [0.717, 1.165) is 14.5 Å². The fraction of sp³-hybridized carbons (Fsp3) is 0.176. The van der Waals surface area contributed by atoms with Gasteiger partial charge in [-0.2, -0.15) is 0 Å². The molecule has 4 nitrogen and oxygen atoms in total. The summed E-state index contributed by atoms with van der Waals surface area (Å²) in [5, 5.41) is 8.66. The molecule has 0 heterocycles. The number of alkyl halides is 3. The second kappa shape index (κ2) is 10.3. The maximum absolute atomic E-state index is 12.6. The average Bonchev–Trinajstić information content (AvgIpc) is 2.57. The third-order valence-electron chi connectivity index (χ3n) is 3.42. The van der Waals surface area contributed by atoms with Crippen molar-refractivity contribution in [1.82, 2.24) is 10.6 Å². The molecule has 0 saturated carbocycles. The Hall–Kier alpha value is -0.0900. The van der Waals surface area contributed by atoms with Gasteiger partial charge in [-0.05, 0) is 96.8 Å². The first kappa shape index (κ1) is 24.2. The molecule has 11 heteroatoms. The monoisotopic (exact) mass is 649 g/mol. The van der Waals surface area contributed by atoms with E-state index in [1.807, 2.05) is 19.1 Å². The lowest BCUT2D eigenvalue weighted by molar-refractivity contribution is 0.0934. The van der Waals surface area contributed by atoms with Gasteiger partial charge in [0.15, 0.2) is 5.11 Å². The first-order valence-electron chi connectivity index (χ1n) is 7.64. The van der Waals surface area contributed by atoms with E-state index in [-0.39, 0.29) is 5.11 Å². The SMILES string of the molecule is Cc1cc(Br)c(NC(=S)NC(NC(=O)c2ccccc2Br)C(Cl)(Cl)Cl)c(Br)c1. The van der Waals surface area contributed by atoms with Crippen LogP contribution in [0.5, 0.6) is 0 Å². The lowest BCUT2D eigenvalue weighted by atomic mass is 10.2. The Morgan fingerprint density at radius 2 is 1.61 bits per heavy atom. The number of amides is 1. The van der Waals surface area contributed by atoms with Gasteiger partial charge in [0.2, 0.25) is 3.79 Å². The molecule has 0 saturated heterocycles. The van der Waals surface area contributed by atoms with E-state index >= 15 is 0 Å². The van der Waals surface area contributed by atoms with E-state index in [0.29, 0.717) is 15.7 Å². The minimum Gasteiger partial charge on any atom is -0.339 e. The molecule has 150 valence electrons. The van der Waals surface area contributed by atoms with Crippen LogP contribution in [-0.2, 0) is 0 Å². The van der Waals surface area contributed by atoms with Crippen molar-refractivity contribution < 1.29 is 4.79 Å². The lowest BCUT2D eigenvalue weighted by Gasteiger charge is -2.28. The normalized spacial score (nSPS) is 12.2. The van der Waals surface area contributed by atoms with Crippen LogP contribution in [0.2, 0.25) is 0 Å². The fourth-order valence-corrected chi connectivity index (χ4v) is 4.78. The van der Waals surface area contributed by atoms with Crippen molar-refractivity contribution in [1.29, 1.82) is 0 Å². The van der Waals surface area contributed by atoms with Crippen molar-refractivity contribution in [3.05, 3.63) is 60.9 Å². The summed E-state index contributed by atoms with van der Waals surface area (Å²) in [7, 11) is 0. The van der Waals surface area contributed by atoms with Crippen molar-refractivity contribution in [2.45, 2.75) is 16.9 Å². The van der Waals surface area contributed by atoms with Gasteiger partial charge < -0.3 is 16.0 Å². The van der Waals surface area contributed by atoms with Gasteiger partial charge in [-0.3, -0.25) is 4.79 Å².